The van der Waals surface area contributed by atoms with E-state index in [9.17, 15) is 9.59 Å². The van der Waals surface area contributed by atoms with Crippen molar-refractivity contribution in [2.24, 2.45) is 0 Å². The predicted molar refractivity (Wildman–Crippen MR) is 83.1 cm³/mol. The van der Waals surface area contributed by atoms with E-state index < -0.39 is 0 Å². The number of nitrogens with one attached hydrogen (secondary N) is 1. The minimum atomic E-state index is -0.347. The number of likely N-dealkylation sites (tertiary alicyclic amines) is 1. The minimum Gasteiger partial charge on any atom is -0.350 e. The normalized spacial score (nSPS) is 18.7. The summed E-state index contributed by atoms with van der Waals surface area (Å²) < 4.78 is 0. The minimum absolute atomic E-state index is 0.0671. The van der Waals surface area contributed by atoms with Gasteiger partial charge >= 0.3 is 0 Å². The molecule has 1 atom stereocenters. The van der Waals surface area contributed by atoms with Gasteiger partial charge < -0.3 is 10.2 Å². The van der Waals surface area contributed by atoms with Crippen molar-refractivity contribution in [1.82, 2.24) is 10.2 Å². The van der Waals surface area contributed by atoms with Crippen LogP contribution in [-0.2, 0) is 16.1 Å². The molecular weight excluding hydrogens is 288 g/mol. The lowest BCUT2D eigenvalue weighted by Crippen LogP contribution is -2.51. The van der Waals surface area contributed by atoms with Gasteiger partial charge in [-0.05, 0) is 37.8 Å². The molecule has 1 aliphatic heterocycles. The molecule has 21 heavy (non-hydrogen) atoms. The van der Waals surface area contributed by atoms with E-state index in [2.05, 4.69) is 5.32 Å². The number of carbonyl (C=O) groups is 2. The van der Waals surface area contributed by atoms with Crippen LogP contribution < -0.4 is 5.32 Å². The molecule has 0 aliphatic carbocycles. The molecule has 1 heterocycles. The third-order valence-electron chi connectivity index (χ3n) is 3.93. The SMILES string of the molecule is CCN1C(=O)CCCC1C(=O)NCc1cccc(C)c1Cl. The number of carbonyl (C=O) groups excluding carboxylic acids is 2. The number of amides is 2. The molecule has 1 aromatic carbocycles. The molecule has 2 amide bonds. The Balaban J connectivity index is 2.01. The molecule has 114 valence electrons. The summed E-state index contributed by atoms with van der Waals surface area (Å²) >= 11 is 6.23. The quantitative estimate of drug-likeness (QED) is 0.929. The number of hydrogen-bond acceptors (Lipinski definition) is 2. The van der Waals surface area contributed by atoms with Gasteiger partial charge in [0.05, 0.1) is 0 Å². The van der Waals surface area contributed by atoms with Crippen molar-refractivity contribution in [3.8, 4) is 0 Å². The van der Waals surface area contributed by atoms with E-state index in [1.165, 1.54) is 0 Å². The topological polar surface area (TPSA) is 49.4 Å². The van der Waals surface area contributed by atoms with Gasteiger partial charge in [-0.1, -0.05) is 29.8 Å². The number of hydrogen-bond donors (Lipinski definition) is 1. The zero-order chi connectivity index (χ0) is 15.4. The zero-order valence-corrected chi connectivity index (χ0v) is 13.2. The molecular formula is C16H21ClN2O2. The van der Waals surface area contributed by atoms with Gasteiger partial charge in [-0.2, -0.15) is 0 Å². The zero-order valence-electron chi connectivity index (χ0n) is 12.5. The summed E-state index contributed by atoms with van der Waals surface area (Å²) in [7, 11) is 0. The fourth-order valence-corrected chi connectivity index (χ4v) is 2.93. The first-order chi connectivity index (χ1) is 10.0. The number of nitrogens with zero attached hydrogens (tertiary/aromatic N) is 1. The van der Waals surface area contributed by atoms with E-state index in [-0.39, 0.29) is 17.9 Å². The van der Waals surface area contributed by atoms with Crippen molar-refractivity contribution in [3.63, 3.8) is 0 Å². The molecule has 5 heteroatoms. The Kier molecular flexibility index (Phi) is 5.23. The maximum absolute atomic E-state index is 12.3. The van der Waals surface area contributed by atoms with Crippen molar-refractivity contribution < 1.29 is 9.59 Å². The van der Waals surface area contributed by atoms with Crippen LogP contribution in [0.5, 0.6) is 0 Å². The van der Waals surface area contributed by atoms with Crippen molar-refractivity contribution in [2.45, 2.75) is 45.7 Å². The highest BCUT2D eigenvalue weighted by molar-refractivity contribution is 6.32. The van der Waals surface area contributed by atoms with E-state index in [0.717, 1.165) is 24.0 Å². The molecule has 1 unspecified atom stereocenters. The van der Waals surface area contributed by atoms with Gasteiger partial charge in [0.15, 0.2) is 0 Å². The third-order valence-corrected chi connectivity index (χ3v) is 4.47. The summed E-state index contributed by atoms with van der Waals surface area (Å²) in [5, 5.41) is 3.59. The largest absolute Gasteiger partial charge is 0.350 e. The molecule has 4 nitrogen and oxygen atoms in total. The van der Waals surface area contributed by atoms with Crippen molar-refractivity contribution in [3.05, 3.63) is 34.3 Å². The Morgan fingerprint density at radius 3 is 2.95 bits per heavy atom. The Hall–Kier alpha value is -1.55. The van der Waals surface area contributed by atoms with Crippen LogP contribution in [0.1, 0.15) is 37.3 Å². The number of likely N-dealkylation sites (N-methyl/N-ethyl adjacent to an activating group) is 1. The van der Waals surface area contributed by atoms with Crippen LogP contribution in [0.3, 0.4) is 0 Å². The van der Waals surface area contributed by atoms with E-state index >= 15 is 0 Å². The van der Waals surface area contributed by atoms with Gasteiger partial charge in [0.2, 0.25) is 11.8 Å². The Bertz CT molecular complexity index is 545. The highest BCUT2D eigenvalue weighted by Gasteiger charge is 2.31. The van der Waals surface area contributed by atoms with Crippen molar-refractivity contribution in [1.29, 1.82) is 0 Å². The fraction of sp³-hybridized carbons (Fsp3) is 0.500. The van der Waals surface area contributed by atoms with Gasteiger partial charge in [0, 0.05) is 24.5 Å². The standard InChI is InChI=1S/C16H21ClN2O2/c1-3-19-13(8-5-9-14(19)20)16(21)18-10-12-7-4-6-11(2)15(12)17/h4,6-7,13H,3,5,8-10H2,1-2H3,(H,18,21). The fourth-order valence-electron chi connectivity index (χ4n) is 2.73. The Morgan fingerprint density at radius 1 is 1.48 bits per heavy atom. The summed E-state index contributed by atoms with van der Waals surface area (Å²) in [6.45, 7) is 4.80. The Labute approximate surface area is 130 Å². The number of benzene rings is 1. The number of rotatable bonds is 4. The number of halogens is 1. The van der Waals surface area contributed by atoms with Gasteiger partial charge in [0.25, 0.3) is 0 Å². The van der Waals surface area contributed by atoms with Crippen LogP contribution in [0, 0.1) is 6.92 Å². The number of piperidine rings is 1. The molecule has 1 saturated heterocycles. The summed E-state index contributed by atoms with van der Waals surface area (Å²) in [5.74, 6) is -0.0278. The van der Waals surface area contributed by atoms with Gasteiger partial charge in [0.1, 0.15) is 6.04 Å². The summed E-state index contributed by atoms with van der Waals surface area (Å²) in [5.41, 5.74) is 1.89. The second-order valence-electron chi connectivity index (χ2n) is 5.35. The lowest BCUT2D eigenvalue weighted by Gasteiger charge is -2.33. The molecule has 2 rings (SSSR count). The smallest absolute Gasteiger partial charge is 0.243 e. The molecule has 0 aromatic heterocycles. The van der Waals surface area contributed by atoms with Crippen LogP contribution in [0.4, 0.5) is 0 Å². The molecule has 0 radical (unpaired) electrons. The van der Waals surface area contributed by atoms with Gasteiger partial charge in [-0.25, -0.2) is 0 Å². The summed E-state index contributed by atoms with van der Waals surface area (Å²) in [4.78, 5) is 25.8. The van der Waals surface area contributed by atoms with Crippen LogP contribution in [0.25, 0.3) is 0 Å². The first kappa shape index (κ1) is 15.8. The van der Waals surface area contributed by atoms with Crippen LogP contribution in [-0.4, -0.2) is 29.3 Å². The van der Waals surface area contributed by atoms with Crippen molar-refractivity contribution >= 4 is 23.4 Å². The first-order valence-corrected chi connectivity index (χ1v) is 7.73. The van der Waals surface area contributed by atoms with E-state index in [0.29, 0.717) is 24.5 Å². The average molecular weight is 309 g/mol. The second kappa shape index (κ2) is 6.94. The van der Waals surface area contributed by atoms with E-state index in [1.807, 2.05) is 32.0 Å². The van der Waals surface area contributed by atoms with Crippen LogP contribution >= 0.6 is 11.6 Å². The lowest BCUT2D eigenvalue weighted by molar-refractivity contribution is -0.143. The molecule has 0 bridgehead atoms. The van der Waals surface area contributed by atoms with Crippen LogP contribution in [0.2, 0.25) is 5.02 Å². The summed E-state index contributed by atoms with van der Waals surface area (Å²) in [6.07, 6.45) is 2.05. The first-order valence-electron chi connectivity index (χ1n) is 7.35. The lowest BCUT2D eigenvalue weighted by atomic mass is 10.0. The molecule has 0 saturated carbocycles. The molecule has 1 aliphatic rings. The molecule has 1 aromatic rings. The van der Waals surface area contributed by atoms with Gasteiger partial charge in [-0.3, -0.25) is 9.59 Å². The predicted octanol–water partition coefficient (Wildman–Crippen LogP) is 2.67. The highest BCUT2D eigenvalue weighted by atomic mass is 35.5. The van der Waals surface area contributed by atoms with Crippen LogP contribution in [0.15, 0.2) is 18.2 Å². The second-order valence-corrected chi connectivity index (χ2v) is 5.73. The van der Waals surface area contributed by atoms with E-state index in [1.54, 1.807) is 4.90 Å². The van der Waals surface area contributed by atoms with Gasteiger partial charge in [-0.15, -0.1) is 0 Å². The average Bonchev–Trinajstić information content (AvgIpc) is 2.48. The maximum atomic E-state index is 12.3. The third kappa shape index (κ3) is 3.56. The molecule has 0 spiro atoms. The molecule has 1 N–H and O–H groups in total. The Morgan fingerprint density at radius 2 is 2.24 bits per heavy atom. The summed E-state index contributed by atoms with van der Waals surface area (Å²) in [6, 6.07) is 5.41. The van der Waals surface area contributed by atoms with E-state index in [4.69, 9.17) is 11.6 Å². The maximum Gasteiger partial charge on any atom is 0.243 e. The monoisotopic (exact) mass is 308 g/mol. The van der Waals surface area contributed by atoms with Crippen molar-refractivity contribution in [2.75, 3.05) is 6.54 Å². The molecule has 1 fully saturated rings. The number of aryl methyl sites for hydroxylation is 1. The highest BCUT2D eigenvalue weighted by Crippen LogP contribution is 2.21.